The van der Waals surface area contributed by atoms with Gasteiger partial charge in [-0.15, -0.1) is 0 Å². The van der Waals surface area contributed by atoms with Gasteiger partial charge in [-0.25, -0.2) is 0 Å². The largest absolute Gasteiger partial charge is 0.370 e. The van der Waals surface area contributed by atoms with Gasteiger partial charge in [-0.1, -0.05) is 30.7 Å². The predicted molar refractivity (Wildman–Crippen MR) is 87.1 cm³/mol. The third-order valence-corrected chi connectivity index (χ3v) is 3.71. The van der Waals surface area contributed by atoms with Crippen LogP contribution in [-0.2, 0) is 6.42 Å². The molecule has 1 aliphatic carbocycles. The van der Waals surface area contributed by atoms with Gasteiger partial charge >= 0.3 is 0 Å². The highest BCUT2D eigenvalue weighted by atomic mass is 15.1. The lowest BCUT2D eigenvalue weighted by Crippen LogP contribution is -2.23. The lowest BCUT2D eigenvalue weighted by molar-refractivity contribution is 0.676. The highest BCUT2D eigenvalue weighted by Crippen LogP contribution is 2.19. The number of nitrogens with one attached hydrogen (secondary N) is 1. The van der Waals surface area contributed by atoms with Gasteiger partial charge in [0.25, 0.3) is 0 Å². The number of rotatable bonds is 5. The van der Waals surface area contributed by atoms with Gasteiger partial charge in [0.05, 0.1) is 0 Å². The van der Waals surface area contributed by atoms with E-state index in [0.717, 1.165) is 25.1 Å². The van der Waals surface area contributed by atoms with E-state index in [1.54, 1.807) is 5.57 Å². The number of allylic oxidation sites excluding steroid dienone is 1. The second-order valence-electron chi connectivity index (χ2n) is 5.30. The van der Waals surface area contributed by atoms with E-state index in [9.17, 15) is 0 Å². The third-order valence-electron chi connectivity index (χ3n) is 3.71. The Hall–Kier alpha value is -1.77. The molecule has 3 nitrogen and oxygen atoms in total. The quantitative estimate of drug-likeness (QED) is 0.485. The Balaban J connectivity index is 1.82. The summed E-state index contributed by atoms with van der Waals surface area (Å²) in [5.41, 5.74) is 9.79. The fraction of sp³-hybridized carbons (Fsp3) is 0.471. The van der Waals surface area contributed by atoms with E-state index >= 15 is 0 Å². The summed E-state index contributed by atoms with van der Waals surface area (Å²) < 4.78 is 0. The zero-order valence-electron chi connectivity index (χ0n) is 12.4. The second-order valence-corrected chi connectivity index (χ2v) is 5.30. The predicted octanol–water partition coefficient (Wildman–Crippen LogP) is 3.87. The minimum atomic E-state index is 0.509. The number of guanidine groups is 1. The molecule has 3 N–H and O–H groups in total. The number of anilines is 1. The molecular formula is C17H25N3. The molecule has 3 heteroatoms. The molecule has 1 aromatic carbocycles. The van der Waals surface area contributed by atoms with Gasteiger partial charge in [0.2, 0.25) is 0 Å². The zero-order valence-corrected chi connectivity index (χ0v) is 12.4. The number of hydrogen-bond acceptors (Lipinski definition) is 1. The number of aliphatic imine (C=N–C) groups is 1. The van der Waals surface area contributed by atoms with Gasteiger partial charge < -0.3 is 11.1 Å². The summed E-state index contributed by atoms with van der Waals surface area (Å²) in [7, 11) is 0. The standard InChI is InChI=1S/C17H25N3/c1-2-14-9-6-10-16(13-14)20-17(18)19-12-11-15-7-4-3-5-8-15/h6-7,9-10,13H,2-5,8,11-12H2,1H3,(H3,18,19,20). The first kappa shape index (κ1) is 14.6. The summed E-state index contributed by atoms with van der Waals surface area (Å²) >= 11 is 0. The molecule has 2 rings (SSSR count). The molecular weight excluding hydrogens is 246 g/mol. The summed E-state index contributed by atoms with van der Waals surface area (Å²) in [5, 5.41) is 3.16. The Bertz CT molecular complexity index is 489. The van der Waals surface area contributed by atoms with Gasteiger partial charge in [-0.05, 0) is 56.2 Å². The van der Waals surface area contributed by atoms with E-state index in [1.165, 1.54) is 31.2 Å². The first-order valence-electron chi connectivity index (χ1n) is 7.61. The van der Waals surface area contributed by atoms with Crippen molar-refractivity contribution in [3.05, 3.63) is 41.5 Å². The van der Waals surface area contributed by atoms with Crippen LogP contribution in [0.2, 0.25) is 0 Å². The Morgan fingerprint density at radius 2 is 2.25 bits per heavy atom. The van der Waals surface area contributed by atoms with Crippen LogP contribution in [0.1, 0.15) is 44.6 Å². The van der Waals surface area contributed by atoms with Crippen molar-refractivity contribution >= 4 is 11.6 Å². The summed E-state index contributed by atoms with van der Waals surface area (Å²) in [6, 6.07) is 8.30. The van der Waals surface area contributed by atoms with Gasteiger partial charge in [0.1, 0.15) is 0 Å². The lowest BCUT2D eigenvalue weighted by Gasteiger charge is -2.11. The molecule has 0 heterocycles. The van der Waals surface area contributed by atoms with Crippen LogP contribution in [0.5, 0.6) is 0 Å². The summed E-state index contributed by atoms with van der Waals surface area (Å²) in [4.78, 5) is 4.41. The molecule has 0 bridgehead atoms. The molecule has 0 radical (unpaired) electrons. The molecule has 0 fully saturated rings. The minimum absolute atomic E-state index is 0.509. The molecule has 0 saturated carbocycles. The van der Waals surface area contributed by atoms with Crippen LogP contribution >= 0.6 is 0 Å². The summed E-state index contributed by atoms with van der Waals surface area (Å²) in [6.07, 6.45) is 9.57. The van der Waals surface area contributed by atoms with Crippen molar-refractivity contribution in [1.29, 1.82) is 0 Å². The summed E-state index contributed by atoms with van der Waals surface area (Å²) in [6.45, 7) is 2.92. The number of aryl methyl sites for hydroxylation is 1. The fourth-order valence-corrected chi connectivity index (χ4v) is 2.51. The average molecular weight is 271 g/mol. The molecule has 0 saturated heterocycles. The molecule has 1 aliphatic rings. The number of nitrogens with two attached hydrogens (primary N) is 1. The van der Waals surface area contributed by atoms with E-state index in [0.29, 0.717) is 5.96 Å². The van der Waals surface area contributed by atoms with Crippen molar-refractivity contribution in [1.82, 2.24) is 0 Å². The number of hydrogen-bond donors (Lipinski definition) is 2. The Kier molecular flexibility index (Phi) is 5.66. The van der Waals surface area contributed by atoms with Crippen molar-refractivity contribution < 1.29 is 0 Å². The first-order valence-corrected chi connectivity index (χ1v) is 7.61. The molecule has 0 spiro atoms. The van der Waals surface area contributed by atoms with E-state index < -0.39 is 0 Å². The zero-order chi connectivity index (χ0) is 14.2. The molecule has 108 valence electrons. The molecule has 0 atom stereocenters. The van der Waals surface area contributed by atoms with Crippen molar-refractivity contribution in [3.8, 4) is 0 Å². The topological polar surface area (TPSA) is 50.4 Å². The normalized spacial score (nSPS) is 15.8. The highest BCUT2D eigenvalue weighted by Gasteiger charge is 2.03. The van der Waals surface area contributed by atoms with Gasteiger partial charge in [-0.3, -0.25) is 4.99 Å². The molecule has 0 amide bonds. The van der Waals surface area contributed by atoms with E-state index in [-0.39, 0.29) is 0 Å². The Morgan fingerprint density at radius 3 is 3.00 bits per heavy atom. The third kappa shape index (κ3) is 4.72. The number of benzene rings is 1. The van der Waals surface area contributed by atoms with E-state index in [1.807, 2.05) is 12.1 Å². The van der Waals surface area contributed by atoms with Crippen LogP contribution in [0.3, 0.4) is 0 Å². The van der Waals surface area contributed by atoms with Gasteiger partial charge in [-0.2, -0.15) is 0 Å². The molecule has 1 aromatic rings. The maximum Gasteiger partial charge on any atom is 0.193 e. The fourth-order valence-electron chi connectivity index (χ4n) is 2.51. The minimum Gasteiger partial charge on any atom is -0.370 e. The van der Waals surface area contributed by atoms with Gasteiger partial charge in [0, 0.05) is 12.2 Å². The van der Waals surface area contributed by atoms with Crippen molar-refractivity contribution in [2.75, 3.05) is 11.9 Å². The van der Waals surface area contributed by atoms with Crippen molar-refractivity contribution in [2.45, 2.75) is 45.4 Å². The van der Waals surface area contributed by atoms with Crippen LogP contribution in [0, 0.1) is 0 Å². The second kappa shape index (κ2) is 7.73. The lowest BCUT2D eigenvalue weighted by atomic mass is 9.97. The smallest absolute Gasteiger partial charge is 0.193 e. The molecule has 0 aliphatic heterocycles. The van der Waals surface area contributed by atoms with Crippen LogP contribution in [0.4, 0.5) is 5.69 Å². The van der Waals surface area contributed by atoms with Crippen LogP contribution < -0.4 is 11.1 Å². The molecule has 20 heavy (non-hydrogen) atoms. The van der Waals surface area contributed by atoms with Crippen molar-refractivity contribution in [2.24, 2.45) is 10.7 Å². The summed E-state index contributed by atoms with van der Waals surface area (Å²) in [5.74, 6) is 0.509. The Morgan fingerprint density at radius 1 is 1.35 bits per heavy atom. The van der Waals surface area contributed by atoms with E-state index in [2.05, 4.69) is 35.4 Å². The Labute approximate surface area is 122 Å². The van der Waals surface area contributed by atoms with Crippen LogP contribution in [0.15, 0.2) is 40.9 Å². The number of nitrogens with zero attached hydrogens (tertiary/aromatic N) is 1. The average Bonchev–Trinajstić information content (AvgIpc) is 2.48. The van der Waals surface area contributed by atoms with E-state index in [4.69, 9.17) is 5.73 Å². The monoisotopic (exact) mass is 271 g/mol. The molecule has 0 unspecified atom stereocenters. The van der Waals surface area contributed by atoms with Gasteiger partial charge in [0.15, 0.2) is 5.96 Å². The maximum absolute atomic E-state index is 5.93. The highest BCUT2D eigenvalue weighted by molar-refractivity contribution is 5.92. The first-order chi connectivity index (χ1) is 9.78. The van der Waals surface area contributed by atoms with Crippen molar-refractivity contribution in [3.63, 3.8) is 0 Å². The van der Waals surface area contributed by atoms with Crippen LogP contribution in [0.25, 0.3) is 0 Å². The molecule has 0 aromatic heterocycles. The maximum atomic E-state index is 5.93. The van der Waals surface area contributed by atoms with Crippen LogP contribution in [-0.4, -0.2) is 12.5 Å². The SMILES string of the molecule is CCc1cccc(NC(N)=NCCC2=CCCCC2)c1.